The Kier molecular flexibility index (Phi) is 2.59. The predicted octanol–water partition coefficient (Wildman–Crippen LogP) is 0.155. The number of fused-ring (bicyclic) bond motifs is 2. The first kappa shape index (κ1) is 14.6. The average molecular weight is 325 g/mol. The van der Waals surface area contributed by atoms with Crippen LogP contribution in [0.1, 0.15) is 18.1 Å². The molecule has 2 heterocycles. The number of nitrogens with two attached hydrogens (primary N) is 1. The van der Waals surface area contributed by atoms with Gasteiger partial charge < -0.3 is 4.74 Å². The Morgan fingerprint density at radius 1 is 1.26 bits per heavy atom. The van der Waals surface area contributed by atoms with Crippen molar-refractivity contribution in [3.8, 4) is 12.1 Å². The SMILES string of the molecule is Cc1ccc([C@]2(C)[C@]3(C#N)C(N)=[NH+][C@@]4(OCCS4)[C@@]32C#N)cc1. The number of hydrogen-bond donors (Lipinski definition) is 2. The van der Waals surface area contributed by atoms with E-state index < -0.39 is 21.3 Å². The molecule has 2 fully saturated rings. The van der Waals surface area contributed by atoms with Crippen molar-refractivity contribution >= 4 is 17.6 Å². The minimum atomic E-state index is -1.08. The van der Waals surface area contributed by atoms with Crippen molar-refractivity contribution in [2.45, 2.75) is 24.3 Å². The Bertz CT molecular complexity index is 814. The molecule has 5 nitrogen and oxygen atoms in total. The molecule has 1 spiro atoms. The minimum absolute atomic E-state index is 0.346. The van der Waals surface area contributed by atoms with E-state index in [1.807, 2.05) is 38.1 Å². The highest BCUT2D eigenvalue weighted by atomic mass is 32.2. The van der Waals surface area contributed by atoms with E-state index in [1.54, 1.807) is 0 Å². The van der Waals surface area contributed by atoms with Gasteiger partial charge in [-0.3, -0.25) is 5.73 Å². The van der Waals surface area contributed by atoms with Gasteiger partial charge in [-0.1, -0.05) is 48.5 Å². The topological polar surface area (TPSA) is 96.8 Å². The number of nitriles is 2. The molecular weight excluding hydrogens is 308 g/mol. The van der Waals surface area contributed by atoms with Crippen LogP contribution in [-0.2, 0) is 10.2 Å². The zero-order valence-corrected chi connectivity index (χ0v) is 13.8. The third kappa shape index (κ3) is 1.18. The fraction of sp³-hybridized carbons (Fsp3) is 0.471. The van der Waals surface area contributed by atoms with E-state index in [2.05, 4.69) is 17.1 Å². The average Bonchev–Trinajstić information content (AvgIpc) is 2.83. The van der Waals surface area contributed by atoms with Gasteiger partial charge in [0.15, 0.2) is 10.8 Å². The fourth-order valence-electron chi connectivity index (χ4n) is 4.68. The number of nitrogens with one attached hydrogen (secondary N) is 1. The number of nitrogens with zero attached hydrogens (tertiary/aromatic N) is 2. The van der Waals surface area contributed by atoms with Crippen molar-refractivity contribution < 1.29 is 9.73 Å². The van der Waals surface area contributed by atoms with Crippen molar-refractivity contribution in [2.75, 3.05) is 12.4 Å². The molecule has 0 unspecified atom stereocenters. The first-order valence-corrected chi connectivity index (χ1v) is 8.53. The smallest absolute Gasteiger partial charge is 0.278 e. The van der Waals surface area contributed by atoms with Crippen LogP contribution in [0.2, 0.25) is 0 Å². The number of thioether (sulfide) groups is 1. The summed E-state index contributed by atoms with van der Waals surface area (Å²) in [4.78, 5) is 3.14. The van der Waals surface area contributed by atoms with Crippen LogP contribution in [0.3, 0.4) is 0 Å². The number of ether oxygens (including phenoxy) is 1. The lowest BCUT2D eigenvalue weighted by molar-refractivity contribution is -0.584. The van der Waals surface area contributed by atoms with Gasteiger partial charge in [-0.15, -0.1) is 0 Å². The van der Waals surface area contributed by atoms with Crippen molar-refractivity contribution in [2.24, 2.45) is 16.6 Å². The molecule has 116 valence electrons. The zero-order chi connectivity index (χ0) is 16.5. The van der Waals surface area contributed by atoms with E-state index in [0.717, 1.165) is 16.9 Å². The Balaban J connectivity index is 2.00. The summed E-state index contributed by atoms with van der Waals surface area (Å²) < 4.78 is 5.96. The summed E-state index contributed by atoms with van der Waals surface area (Å²) in [6.07, 6.45) is 0. The zero-order valence-electron chi connectivity index (χ0n) is 13.0. The van der Waals surface area contributed by atoms with Gasteiger partial charge in [-0.05, 0) is 12.5 Å². The van der Waals surface area contributed by atoms with E-state index >= 15 is 0 Å². The Morgan fingerprint density at radius 3 is 2.48 bits per heavy atom. The summed E-state index contributed by atoms with van der Waals surface area (Å²) in [6.45, 7) is 4.51. The molecule has 1 saturated carbocycles. The third-order valence-corrected chi connectivity index (χ3v) is 7.16. The van der Waals surface area contributed by atoms with Gasteiger partial charge in [0.25, 0.3) is 10.9 Å². The summed E-state index contributed by atoms with van der Waals surface area (Å²) in [5.74, 6) is 1.12. The van der Waals surface area contributed by atoms with Crippen LogP contribution in [0.15, 0.2) is 24.3 Å². The number of hydrogen-bond acceptors (Lipinski definition) is 5. The summed E-state index contributed by atoms with van der Waals surface area (Å²) in [5, 5.41) is 19.2. The molecule has 6 heteroatoms. The molecule has 3 aliphatic rings. The Hall–Kier alpha value is -2.02. The monoisotopic (exact) mass is 325 g/mol. The van der Waals surface area contributed by atoms with Gasteiger partial charge in [0.05, 0.1) is 24.2 Å². The fourth-order valence-corrected chi connectivity index (χ4v) is 6.10. The summed E-state index contributed by atoms with van der Waals surface area (Å²) in [7, 11) is 0. The van der Waals surface area contributed by atoms with Crippen molar-refractivity contribution in [1.29, 1.82) is 10.5 Å². The molecule has 1 aliphatic carbocycles. The molecule has 1 saturated heterocycles. The largest absolute Gasteiger partial charge is 0.327 e. The summed E-state index contributed by atoms with van der Waals surface area (Å²) in [6, 6.07) is 12.8. The summed E-state index contributed by atoms with van der Waals surface area (Å²) in [5.41, 5.74) is 5.52. The highest BCUT2D eigenvalue weighted by molar-refractivity contribution is 8.00. The van der Waals surface area contributed by atoms with Crippen LogP contribution in [0.5, 0.6) is 0 Å². The first-order chi connectivity index (χ1) is 11.0. The van der Waals surface area contributed by atoms with Crippen LogP contribution in [-0.4, -0.2) is 23.3 Å². The highest BCUT2D eigenvalue weighted by Crippen LogP contribution is 2.83. The number of amidine groups is 1. The van der Waals surface area contributed by atoms with Crippen molar-refractivity contribution in [3.05, 3.63) is 35.4 Å². The molecule has 3 N–H and O–H groups in total. The van der Waals surface area contributed by atoms with Gasteiger partial charge in [0.1, 0.15) is 0 Å². The first-order valence-electron chi connectivity index (χ1n) is 7.54. The molecule has 4 atom stereocenters. The third-order valence-electron chi connectivity index (χ3n) is 5.86. The molecule has 1 aromatic carbocycles. The Labute approximate surface area is 139 Å². The van der Waals surface area contributed by atoms with E-state index in [1.165, 1.54) is 11.8 Å². The lowest BCUT2D eigenvalue weighted by atomic mass is 9.85. The molecule has 2 aliphatic heterocycles. The number of rotatable bonds is 1. The lowest BCUT2D eigenvalue weighted by Gasteiger charge is -2.27. The van der Waals surface area contributed by atoms with Gasteiger partial charge in [-0.2, -0.15) is 10.5 Å². The van der Waals surface area contributed by atoms with E-state index in [0.29, 0.717) is 12.4 Å². The van der Waals surface area contributed by atoms with E-state index in [-0.39, 0.29) is 0 Å². The normalized spacial score (nSPS) is 43.6. The van der Waals surface area contributed by atoms with E-state index in [4.69, 9.17) is 10.5 Å². The molecule has 0 bridgehead atoms. The lowest BCUT2D eigenvalue weighted by Crippen LogP contribution is -2.88. The molecule has 0 aromatic heterocycles. The van der Waals surface area contributed by atoms with Gasteiger partial charge in [-0.25, -0.2) is 4.99 Å². The van der Waals surface area contributed by atoms with Crippen LogP contribution >= 0.6 is 11.8 Å². The van der Waals surface area contributed by atoms with Gasteiger partial charge in [0, 0.05) is 5.75 Å². The summed E-state index contributed by atoms with van der Waals surface area (Å²) >= 11 is 1.54. The second kappa shape index (κ2) is 4.08. The highest BCUT2D eigenvalue weighted by Gasteiger charge is 3.02. The van der Waals surface area contributed by atoms with Crippen molar-refractivity contribution in [3.63, 3.8) is 0 Å². The minimum Gasteiger partial charge on any atom is -0.327 e. The van der Waals surface area contributed by atoms with Crippen molar-refractivity contribution in [1.82, 2.24) is 0 Å². The maximum atomic E-state index is 10.2. The van der Waals surface area contributed by atoms with Crippen LogP contribution in [0.25, 0.3) is 0 Å². The maximum Gasteiger partial charge on any atom is 0.278 e. The molecule has 1 aromatic rings. The number of benzene rings is 1. The van der Waals surface area contributed by atoms with Gasteiger partial charge >= 0.3 is 0 Å². The van der Waals surface area contributed by atoms with Crippen LogP contribution in [0.4, 0.5) is 0 Å². The predicted molar refractivity (Wildman–Crippen MR) is 85.9 cm³/mol. The Morgan fingerprint density at radius 2 is 1.96 bits per heavy atom. The van der Waals surface area contributed by atoms with Crippen LogP contribution in [0, 0.1) is 40.4 Å². The van der Waals surface area contributed by atoms with E-state index in [9.17, 15) is 10.5 Å². The standard InChI is InChI=1S/C17H16N4OS/c1-11-3-5-12(6-4-11)14(2)15(9-18)13(20)21-17(16(14,15)10-19)22-7-8-23-17/h3-6H,7-8H2,1-2H3,(H2,20,21)/p+1/t14-,15+,16-,17-/m1/s1. The number of aryl methyl sites for hydroxylation is 1. The second-order valence-electron chi connectivity index (χ2n) is 6.57. The quantitative estimate of drug-likeness (QED) is 0.766. The molecule has 4 rings (SSSR count). The van der Waals surface area contributed by atoms with Gasteiger partial charge in [0.2, 0.25) is 0 Å². The molecule has 23 heavy (non-hydrogen) atoms. The maximum absolute atomic E-state index is 10.2. The molecular formula is C17H17N4OS+. The second-order valence-corrected chi connectivity index (χ2v) is 7.84. The molecule has 0 radical (unpaired) electrons. The van der Waals surface area contributed by atoms with Crippen LogP contribution < -0.4 is 10.7 Å². The molecule has 0 amide bonds.